The van der Waals surface area contributed by atoms with Crippen LogP contribution in [0.5, 0.6) is 0 Å². The molecule has 8 heteroatoms. The van der Waals surface area contributed by atoms with E-state index in [2.05, 4.69) is 70.6 Å². The van der Waals surface area contributed by atoms with Crippen molar-refractivity contribution in [3.05, 3.63) is 25.4 Å². The molecule has 4 aliphatic heterocycles. The van der Waals surface area contributed by atoms with Crippen molar-refractivity contribution >= 4 is 94.1 Å². The van der Waals surface area contributed by atoms with Gasteiger partial charge in [0.1, 0.15) is 0 Å². The highest BCUT2D eigenvalue weighted by atomic mass is 32.3. The third-order valence-corrected chi connectivity index (χ3v) is 16.7. The van der Waals surface area contributed by atoms with Gasteiger partial charge in [0.05, 0.1) is 25.4 Å². The summed E-state index contributed by atoms with van der Waals surface area (Å²) >= 11 is 16.7. The Kier molecular flexibility index (Phi) is 5.14. The lowest BCUT2D eigenvalue weighted by molar-refractivity contribution is 0.528. The van der Waals surface area contributed by atoms with Crippen molar-refractivity contribution in [3.63, 3.8) is 0 Å². The highest BCUT2D eigenvalue weighted by Crippen LogP contribution is 2.69. The van der Waals surface area contributed by atoms with Crippen LogP contribution in [0.1, 0.15) is 25.7 Å². The fourth-order valence-electron chi connectivity index (χ4n) is 2.91. The molecule has 0 spiro atoms. The van der Waals surface area contributed by atoms with E-state index in [1.807, 2.05) is 23.5 Å². The smallest absolute Gasteiger partial charge is 0.0717 e. The van der Waals surface area contributed by atoms with Crippen LogP contribution in [0.3, 0.4) is 0 Å². The monoisotopic (exact) mass is 438 g/mol. The number of fused-ring (bicyclic) bond motifs is 1. The first-order chi connectivity index (χ1) is 10.9. The average Bonchev–Trinajstić information content (AvgIpc) is 3.15. The molecule has 0 radical (unpaired) electrons. The van der Waals surface area contributed by atoms with Crippen molar-refractivity contribution in [2.75, 3.05) is 11.5 Å². The lowest BCUT2D eigenvalue weighted by Crippen LogP contribution is -2.26. The topological polar surface area (TPSA) is 0 Å². The van der Waals surface area contributed by atoms with Crippen LogP contribution in [0.15, 0.2) is 25.4 Å². The molecule has 0 amide bonds. The van der Waals surface area contributed by atoms with Crippen LogP contribution in [0.4, 0.5) is 0 Å². The highest BCUT2D eigenvalue weighted by molar-refractivity contribution is 8.45. The van der Waals surface area contributed by atoms with Crippen LogP contribution in [-0.2, 0) is 0 Å². The van der Waals surface area contributed by atoms with E-state index in [4.69, 9.17) is 0 Å². The summed E-state index contributed by atoms with van der Waals surface area (Å²) in [5.74, 6) is 2.56. The van der Waals surface area contributed by atoms with E-state index in [0.717, 1.165) is 10.5 Å². The van der Waals surface area contributed by atoms with Crippen LogP contribution in [0.2, 0.25) is 0 Å². The van der Waals surface area contributed by atoms with Gasteiger partial charge in [0.2, 0.25) is 0 Å². The molecule has 0 saturated heterocycles. The molecule has 0 N–H and O–H groups in total. The number of hydrogen-bond acceptors (Lipinski definition) is 8. The van der Waals surface area contributed by atoms with Crippen LogP contribution < -0.4 is 0 Å². The highest BCUT2D eigenvalue weighted by Gasteiger charge is 2.39. The van der Waals surface area contributed by atoms with E-state index in [-0.39, 0.29) is 0 Å². The third-order valence-electron chi connectivity index (χ3n) is 3.95. The lowest BCUT2D eigenvalue weighted by Gasteiger charge is -2.34. The van der Waals surface area contributed by atoms with Crippen molar-refractivity contribution in [1.29, 1.82) is 0 Å². The van der Waals surface area contributed by atoms with Gasteiger partial charge in [-0.05, 0) is 12.8 Å². The number of rotatable bonds is 0. The molecule has 5 rings (SSSR count). The molecule has 2 unspecified atom stereocenters. The predicted molar refractivity (Wildman–Crippen MR) is 118 cm³/mol. The molecule has 0 aromatic rings. The molecule has 1 fully saturated rings. The molecule has 0 bridgehead atoms. The Bertz CT molecular complexity index is 556. The molecule has 4 heterocycles. The Morgan fingerprint density at radius 3 is 1.50 bits per heavy atom. The lowest BCUT2D eigenvalue weighted by atomic mass is 10.00. The van der Waals surface area contributed by atoms with E-state index in [1.54, 1.807) is 25.4 Å². The summed E-state index contributed by atoms with van der Waals surface area (Å²) in [6, 6.07) is 0. The normalized spacial score (nSPS) is 34.9. The van der Waals surface area contributed by atoms with Gasteiger partial charge in [0.25, 0.3) is 0 Å². The molecule has 2 atom stereocenters. The number of hydrogen-bond donors (Lipinski definition) is 0. The maximum absolute atomic E-state index is 2.20. The predicted octanol–water partition coefficient (Wildman–Crippen LogP) is 7.60. The Morgan fingerprint density at radius 1 is 0.545 bits per heavy atom. The summed E-state index contributed by atoms with van der Waals surface area (Å²) < 4.78 is 9.50. The molecule has 118 valence electrons. The minimum absolute atomic E-state index is 0.885. The van der Waals surface area contributed by atoms with Crippen LogP contribution in [0, 0.1) is 0 Å². The maximum atomic E-state index is 2.20. The van der Waals surface area contributed by atoms with Gasteiger partial charge in [-0.3, -0.25) is 0 Å². The van der Waals surface area contributed by atoms with Crippen molar-refractivity contribution < 1.29 is 0 Å². The second kappa shape index (κ2) is 6.97. The summed E-state index contributed by atoms with van der Waals surface area (Å²) in [4.78, 5) is 0. The molecule has 5 aliphatic rings. The summed E-state index contributed by atoms with van der Waals surface area (Å²) in [7, 11) is 0. The quantitative estimate of drug-likeness (QED) is 0.374. The zero-order valence-electron chi connectivity index (χ0n) is 11.7. The van der Waals surface area contributed by atoms with Crippen molar-refractivity contribution in [2.24, 2.45) is 0 Å². The first kappa shape index (κ1) is 16.2. The minimum atomic E-state index is 0.885. The van der Waals surface area contributed by atoms with Crippen molar-refractivity contribution in [2.45, 2.75) is 36.2 Å². The summed E-state index contributed by atoms with van der Waals surface area (Å²) in [6.07, 6.45) is 5.76. The third kappa shape index (κ3) is 3.10. The molecule has 0 aromatic heterocycles. The van der Waals surface area contributed by atoms with E-state index in [0.29, 0.717) is 0 Å². The molecule has 0 nitrogen and oxygen atoms in total. The van der Waals surface area contributed by atoms with E-state index in [9.17, 15) is 0 Å². The molecule has 1 aliphatic carbocycles. The second-order valence-electron chi connectivity index (χ2n) is 5.43. The van der Waals surface area contributed by atoms with Gasteiger partial charge in [-0.2, -0.15) is 0 Å². The Hall–Kier alpha value is 2.02. The first-order valence-electron chi connectivity index (χ1n) is 7.40. The van der Waals surface area contributed by atoms with Gasteiger partial charge in [-0.1, -0.05) is 59.9 Å². The fraction of sp³-hybridized carbons (Fsp3) is 0.571. The van der Waals surface area contributed by atoms with Gasteiger partial charge < -0.3 is 0 Å². The maximum Gasteiger partial charge on any atom is 0.0717 e. The largest absolute Gasteiger partial charge is 0.116 e. The fourth-order valence-corrected chi connectivity index (χ4v) is 16.1. The molecular weight excluding hydrogens is 425 g/mol. The molecule has 1 saturated carbocycles. The summed E-state index contributed by atoms with van der Waals surface area (Å²) in [5, 5.41) is 1.77. The van der Waals surface area contributed by atoms with E-state index in [1.165, 1.54) is 37.2 Å². The number of thioether (sulfide) groups is 8. The summed E-state index contributed by atoms with van der Waals surface area (Å²) in [5.41, 5.74) is 0. The van der Waals surface area contributed by atoms with Gasteiger partial charge in [-0.15, -0.1) is 47.0 Å². The Labute approximate surface area is 165 Å². The molecule has 22 heavy (non-hydrogen) atoms. The van der Waals surface area contributed by atoms with Crippen molar-refractivity contribution in [3.8, 4) is 0 Å². The van der Waals surface area contributed by atoms with Gasteiger partial charge in [0.15, 0.2) is 0 Å². The van der Waals surface area contributed by atoms with Crippen LogP contribution in [-0.4, -0.2) is 22.0 Å². The van der Waals surface area contributed by atoms with Crippen LogP contribution >= 0.6 is 94.1 Å². The minimum Gasteiger partial charge on any atom is -0.116 e. The van der Waals surface area contributed by atoms with Gasteiger partial charge in [0, 0.05) is 22.0 Å². The Balaban J connectivity index is 1.34. The van der Waals surface area contributed by atoms with E-state index < -0.39 is 0 Å². The zero-order chi connectivity index (χ0) is 14.5. The molecule has 0 aromatic carbocycles. The average molecular weight is 439 g/mol. The second-order valence-corrected chi connectivity index (χ2v) is 15.8. The first-order valence-corrected chi connectivity index (χ1v) is 14.4. The van der Waals surface area contributed by atoms with Crippen LogP contribution in [0.25, 0.3) is 0 Å². The zero-order valence-corrected chi connectivity index (χ0v) is 18.2. The Morgan fingerprint density at radius 2 is 1.00 bits per heavy atom. The summed E-state index contributed by atoms with van der Waals surface area (Å²) in [6.45, 7) is 0. The SMILES string of the molecule is C1CCC2SC3=C(SC(=C4SC5=C(SCCS5)S4)S3)SC2C1. The van der Waals surface area contributed by atoms with Gasteiger partial charge >= 0.3 is 0 Å². The van der Waals surface area contributed by atoms with Gasteiger partial charge in [-0.25, -0.2) is 0 Å². The molecular formula is C14H14S8. The standard InChI is InChI=1S/C14H14S8/c1-2-4-8-7(3-1)17-11-12(18-8)22-14(21-11)13-19-9-10(20-13)16-6-5-15-9/h7-8H,1-6H2. The van der Waals surface area contributed by atoms with E-state index >= 15 is 0 Å². The van der Waals surface area contributed by atoms with Crippen molar-refractivity contribution in [1.82, 2.24) is 0 Å².